The lowest BCUT2D eigenvalue weighted by atomic mass is 10.2. The summed E-state index contributed by atoms with van der Waals surface area (Å²) in [6.07, 6.45) is 1.74. The average Bonchev–Trinajstić information content (AvgIpc) is 2.86. The molecule has 0 aliphatic carbocycles. The summed E-state index contributed by atoms with van der Waals surface area (Å²) in [5.74, 6) is 0.370. The molecule has 0 fully saturated rings. The van der Waals surface area contributed by atoms with Crippen LogP contribution in [0.2, 0.25) is 0 Å². The second-order valence-corrected chi connectivity index (χ2v) is 3.80. The zero-order valence-electron chi connectivity index (χ0n) is 10.5. The minimum Gasteiger partial charge on any atom is -0.494 e. The van der Waals surface area contributed by atoms with Crippen LogP contribution in [-0.4, -0.2) is 34.1 Å². The Labute approximate surface area is 109 Å². The largest absolute Gasteiger partial charge is 0.494 e. The summed E-state index contributed by atoms with van der Waals surface area (Å²) in [4.78, 5) is 10.2. The van der Waals surface area contributed by atoms with Gasteiger partial charge in [0.05, 0.1) is 30.0 Å². The predicted molar refractivity (Wildman–Crippen MR) is 67.3 cm³/mol. The number of hydrogen-bond acceptors (Lipinski definition) is 6. The van der Waals surface area contributed by atoms with E-state index in [9.17, 15) is 10.1 Å². The van der Waals surface area contributed by atoms with Crippen molar-refractivity contribution in [2.24, 2.45) is 0 Å². The van der Waals surface area contributed by atoms with E-state index in [0.29, 0.717) is 18.0 Å². The first-order chi connectivity index (χ1) is 9.15. The lowest BCUT2D eigenvalue weighted by Crippen LogP contribution is -2.05. The van der Waals surface area contributed by atoms with Crippen LogP contribution in [0.3, 0.4) is 0 Å². The van der Waals surface area contributed by atoms with Crippen molar-refractivity contribution in [2.75, 3.05) is 14.2 Å². The molecule has 1 aromatic heterocycles. The van der Waals surface area contributed by atoms with E-state index < -0.39 is 4.92 Å². The van der Waals surface area contributed by atoms with E-state index in [1.165, 1.54) is 23.9 Å². The number of nitro benzene ring substituents is 1. The van der Waals surface area contributed by atoms with E-state index in [-0.39, 0.29) is 5.69 Å². The number of non-ortho nitro benzene ring substituents is 1. The molecule has 0 aliphatic heterocycles. The minimum absolute atomic E-state index is 0.0313. The van der Waals surface area contributed by atoms with Crippen LogP contribution in [0.5, 0.6) is 5.75 Å². The maximum absolute atomic E-state index is 10.7. The van der Waals surface area contributed by atoms with Crippen molar-refractivity contribution in [2.45, 2.75) is 6.54 Å². The molecule has 19 heavy (non-hydrogen) atoms. The molecule has 0 spiro atoms. The third-order valence-electron chi connectivity index (χ3n) is 2.52. The van der Waals surface area contributed by atoms with Gasteiger partial charge in [0.15, 0.2) is 5.75 Å². The van der Waals surface area contributed by atoms with Gasteiger partial charge in [-0.05, 0) is 13.1 Å². The molecule has 1 N–H and O–H groups in total. The molecule has 0 aliphatic rings. The molecule has 1 aromatic carbocycles. The maximum atomic E-state index is 10.7. The van der Waals surface area contributed by atoms with E-state index in [1.807, 2.05) is 7.05 Å². The molecule has 0 radical (unpaired) electrons. The lowest BCUT2D eigenvalue weighted by molar-refractivity contribution is -0.384. The van der Waals surface area contributed by atoms with Gasteiger partial charge in [-0.3, -0.25) is 10.1 Å². The number of aromatic nitrogens is 3. The molecular formula is C11H13N5O3. The van der Waals surface area contributed by atoms with Crippen LogP contribution in [0.4, 0.5) is 5.69 Å². The SMILES string of the molecule is CNCc1cn(-c2ccc([N+](=O)[O-])cc2OC)nn1. The van der Waals surface area contributed by atoms with E-state index >= 15 is 0 Å². The molecule has 100 valence electrons. The molecule has 0 saturated heterocycles. The van der Waals surface area contributed by atoms with Gasteiger partial charge in [-0.2, -0.15) is 0 Å². The maximum Gasteiger partial charge on any atom is 0.273 e. The summed E-state index contributed by atoms with van der Waals surface area (Å²) in [5, 5.41) is 21.6. The number of methoxy groups -OCH3 is 1. The third-order valence-corrected chi connectivity index (χ3v) is 2.52. The number of rotatable bonds is 5. The highest BCUT2D eigenvalue weighted by atomic mass is 16.6. The number of hydrogen-bond donors (Lipinski definition) is 1. The first-order valence-corrected chi connectivity index (χ1v) is 5.54. The highest BCUT2D eigenvalue weighted by molar-refractivity contribution is 5.52. The summed E-state index contributed by atoms with van der Waals surface area (Å²) in [6.45, 7) is 0.593. The van der Waals surface area contributed by atoms with Crippen LogP contribution < -0.4 is 10.1 Å². The Kier molecular flexibility index (Phi) is 3.71. The van der Waals surface area contributed by atoms with E-state index in [1.54, 1.807) is 12.3 Å². The van der Waals surface area contributed by atoms with Crippen molar-refractivity contribution in [3.63, 3.8) is 0 Å². The van der Waals surface area contributed by atoms with Crippen molar-refractivity contribution in [3.05, 3.63) is 40.2 Å². The van der Waals surface area contributed by atoms with Gasteiger partial charge in [-0.25, -0.2) is 4.68 Å². The quantitative estimate of drug-likeness (QED) is 0.636. The number of ether oxygens (including phenoxy) is 1. The fourth-order valence-corrected chi connectivity index (χ4v) is 1.65. The lowest BCUT2D eigenvalue weighted by Gasteiger charge is -2.07. The molecule has 0 atom stereocenters. The van der Waals surface area contributed by atoms with Crippen LogP contribution in [-0.2, 0) is 6.54 Å². The molecule has 0 saturated carbocycles. The topological polar surface area (TPSA) is 95.1 Å². The Bertz CT molecular complexity index is 596. The molecule has 0 bridgehead atoms. The summed E-state index contributed by atoms with van der Waals surface area (Å²) in [5.41, 5.74) is 1.34. The van der Waals surface area contributed by atoms with Gasteiger partial charge in [0.1, 0.15) is 5.69 Å². The molecule has 0 amide bonds. The Morgan fingerprint density at radius 2 is 2.32 bits per heavy atom. The Morgan fingerprint density at radius 1 is 1.53 bits per heavy atom. The van der Waals surface area contributed by atoms with E-state index in [4.69, 9.17) is 4.74 Å². The zero-order chi connectivity index (χ0) is 13.8. The van der Waals surface area contributed by atoms with E-state index in [2.05, 4.69) is 15.6 Å². The van der Waals surface area contributed by atoms with Crippen LogP contribution in [0, 0.1) is 10.1 Å². The molecule has 2 aromatic rings. The van der Waals surface area contributed by atoms with Gasteiger partial charge >= 0.3 is 0 Å². The fourth-order valence-electron chi connectivity index (χ4n) is 1.65. The number of nitrogens with one attached hydrogen (secondary N) is 1. The van der Waals surface area contributed by atoms with Crippen LogP contribution in [0.15, 0.2) is 24.4 Å². The molecule has 8 nitrogen and oxygen atoms in total. The monoisotopic (exact) mass is 263 g/mol. The summed E-state index contributed by atoms with van der Waals surface area (Å²) in [7, 11) is 3.26. The Hall–Kier alpha value is -2.48. The van der Waals surface area contributed by atoms with Crippen LogP contribution in [0.1, 0.15) is 5.69 Å². The van der Waals surface area contributed by atoms with Crippen molar-refractivity contribution < 1.29 is 9.66 Å². The van der Waals surface area contributed by atoms with Gasteiger partial charge in [-0.15, -0.1) is 5.10 Å². The van der Waals surface area contributed by atoms with Crippen molar-refractivity contribution >= 4 is 5.69 Å². The van der Waals surface area contributed by atoms with Crippen molar-refractivity contribution in [1.29, 1.82) is 0 Å². The fraction of sp³-hybridized carbons (Fsp3) is 0.273. The first kappa shape index (κ1) is 13.0. The summed E-state index contributed by atoms with van der Waals surface area (Å²) >= 11 is 0. The zero-order valence-corrected chi connectivity index (χ0v) is 10.5. The average molecular weight is 263 g/mol. The third kappa shape index (κ3) is 2.68. The van der Waals surface area contributed by atoms with E-state index in [0.717, 1.165) is 5.69 Å². The Morgan fingerprint density at radius 3 is 2.95 bits per heavy atom. The number of benzene rings is 1. The minimum atomic E-state index is -0.472. The second-order valence-electron chi connectivity index (χ2n) is 3.80. The smallest absolute Gasteiger partial charge is 0.273 e. The highest BCUT2D eigenvalue weighted by Gasteiger charge is 2.13. The van der Waals surface area contributed by atoms with Gasteiger partial charge in [0, 0.05) is 12.6 Å². The Balaban J connectivity index is 2.40. The van der Waals surface area contributed by atoms with Gasteiger partial charge in [-0.1, -0.05) is 5.21 Å². The number of nitro groups is 1. The summed E-state index contributed by atoms with van der Waals surface area (Å²) < 4.78 is 6.67. The summed E-state index contributed by atoms with van der Waals surface area (Å²) in [6, 6.07) is 4.33. The van der Waals surface area contributed by atoms with Gasteiger partial charge < -0.3 is 10.1 Å². The van der Waals surface area contributed by atoms with Crippen molar-refractivity contribution in [1.82, 2.24) is 20.3 Å². The van der Waals surface area contributed by atoms with Crippen LogP contribution >= 0.6 is 0 Å². The standard InChI is InChI=1S/C11H13N5O3/c1-12-6-8-7-15(14-13-8)10-4-3-9(16(17)18)5-11(10)19-2/h3-5,7,12H,6H2,1-2H3. The molecule has 2 rings (SSSR count). The molecule has 0 unspecified atom stereocenters. The first-order valence-electron chi connectivity index (χ1n) is 5.54. The van der Waals surface area contributed by atoms with Gasteiger partial charge in [0.25, 0.3) is 5.69 Å². The van der Waals surface area contributed by atoms with Crippen LogP contribution in [0.25, 0.3) is 5.69 Å². The molecule has 1 heterocycles. The number of nitrogens with zero attached hydrogens (tertiary/aromatic N) is 4. The molecular weight excluding hydrogens is 250 g/mol. The predicted octanol–water partition coefficient (Wildman–Crippen LogP) is 0.903. The normalized spacial score (nSPS) is 10.4. The highest BCUT2D eigenvalue weighted by Crippen LogP contribution is 2.27. The molecule has 8 heteroatoms. The van der Waals surface area contributed by atoms with Crippen molar-refractivity contribution in [3.8, 4) is 11.4 Å². The second kappa shape index (κ2) is 5.44. The van der Waals surface area contributed by atoms with Gasteiger partial charge in [0.2, 0.25) is 0 Å².